The molecule has 4 rings (SSSR count). The summed E-state index contributed by atoms with van der Waals surface area (Å²) < 4.78 is 0. The highest BCUT2D eigenvalue weighted by atomic mass is 16.1. The standard InChI is InChI=1S/C17H24O/c1-17(2,3)16(18)13-8-11-7-12(13)15-10-5-4-9(6-10)14(11)15/h4-5,9-15H,6-8H2,1-3H3. The highest BCUT2D eigenvalue weighted by Gasteiger charge is 2.62. The van der Waals surface area contributed by atoms with Gasteiger partial charge in [-0.3, -0.25) is 4.79 Å². The van der Waals surface area contributed by atoms with Gasteiger partial charge in [0.05, 0.1) is 0 Å². The van der Waals surface area contributed by atoms with Gasteiger partial charge in [0.25, 0.3) is 0 Å². The Balaban J connectivity index is 1.63. The molecule has 4 bridgehead atoms. The third kappa shape index (κ3) is 1.26. The third-order valence-corrected chi connectivity index (χ3v) is 6.35. The minimum absolute atomic E-state index is 0.141. The Labute approximate surface area is 110 Å². The molecule has 0 aromatic heterocycles. The van der Waals surface area contributed by atoms with E-state index in [4.69, 9.17) is 0 Å². The number of allylic oxidation sites excluding steroid dienone is 2. The Morgan fingerprint density at radius 2 is 1.67 bits per heavy atom. The summed E-state index contributed by atoms with van der Waals surface area (Å²) in [4.78, 5) is 12.6. The van der Waals surface area contributed by atoms with Crippen molar-refractivity contribution in [1.82, 2.24) is 0 Å². The maximum atomic E-state index is 12.6. The lowest BCUT2D eigenvalue weighted by Gasteiger charge is -2.38. The Morgan fingerprint density at radius 1 is 1.00 bits per heavy atom. The molecule has 98 valence electrons. The minimum atomic E-state index is -0.141. The van der Waals surface area contributed by atoms with Gasteiger partial charge in [-0.25, -0.2) is 0 Å². The van der Waals surface area contributed by atoms with E-state index < -0.39 is 0 Å². The number of Topliss-reactive ketones (excluding diaryl/α,β-unsaturated/α-hetero) is 1. The third-order valence-electron chi connectivity index (χ3n) is 6.35. The van der Waals surface area contributed by atoms with E-state index in [2.05, 4.69) is 32.9 Å². The Bertz CT molecular complexity index is 427. The lowest BCUT2D eigenvalue weighted by atomic mass is 9.66. The lowest BCUT2D eigenvalue weighted by Crippen LogP contribution is -2.38. The topological polar surface area (TPSA) is 17.1 Å². The van der Waals surface area contributed by atoms with Crippen LogP contribution in [0.3, 0.4) is 0 Å². The van der Waals surface area contributed by atoms with Crippen molar-refractivity contribution in [3.05, 3.63) is 12.2 Å². The number of carbonyl (C=O) groups excluding carboxylic acids is 1. The minimum Gasteiger partial charge on any atom is -0.299 e. The van der Waals surface area contributed by atoms with Crippen LogP contribution in [0.5, 0.6) is 0 Å². The molecule has 4 aliphatic rings. The maximum Gasteiger partial charge on any atom is 0.141 e. The van der Waals surface area contributed by atoms with E-state index in [1.165, 1.54) is 19.3 Å². The van der Waals surface area contributed by atoms with E-state index in [1.54, 1.807) is 0 Å². The van der Waals surface area contributed by atoms with Crippen molar-refractivity contribution in [2.24, 2.45) is 46.8 Å². The predicted octanol–water partition coefficient (Wildman–Crippen LogP) is 3.70. The number of hydrogen-bond acceptors (Lipinski definition) is 1. The van der Waals surface area contributed by atoms with E-state index in [0.717, 1.165) is 35.5 Å². The van der Waals surface area contributed by atoms with Crippen LogP contribution in [0.2, 0.25) is 0 Å². The summed E-state index contributed by atoms with van der Waals surface area (Å²) in [5.74, 6) is 6.06. The SMILES string of the molecule is CC(C)(C)C(=O)C1CC2CC1C1C3C=CC(C3)C21. The monoisotopic (exact) mass is 244 g/mol. The Morgan fingerprint density at radius 3 is 2.33 bits per heavy atom. The van der Waals surface area contributed by atoms with Gasteiger partial charge in [0.1, 0.15) is 5.78 Å². The zero-order valence-corrected chi connectivity index (χ0v) is 11.7. The van der Waals surface area contributed by atoms with Gasteiger partial charge in [-0.1, -0.05) is 32.9 Å². The molecule has 7 atom stereocenters. The van der Waals surface area contributed by atoms with Crippen LogP contribution in [0, 0.1) is 46.8 Å². The molecule has 0 aromatic rings. The van der Waals surface area contributed by atoms with E-state index in [-0.39, 0.29) is 5.41 Å². The molecule has 0 aliphatic heterocycles. The second kappa shape index (κ2) is 3.29. The largest absolute Gasteiger partial charge is 0.299 e. The van der Waals surface area contributed by atoms with Gasteiger partial charge in [0.15, 0.2) is 0 Å². The van der Waals surface area contributed by atoms with Crippen LogP contribution >= 0.6 is 0 Å². The first-order valence-corrected chi connectivity index (χ1v) is 7.69. The van der Waals surface area contributed by atoms with E-state index in [0.29, 0.717) is 11.7 Å². The zero-order valence-electron chi connectivity index (χ0n) is 11.7. The van der Waals surface area contributed by atoms with Crippen LogP contribution in [-0.4, -0.2) is 5.78 Å². The van der Waals surface area contributed by atoms with Gasteiger partial charge in [-0.2, -0.15) is 0 Å². The average molecular weight is 244 g/mol. The van der Waals surface area contributed by atoms with Gasteiger partial charge in [-0.15, -0.1) is 0 Å². The molecule has 0 heterocycles. The summed E-state index contributed by atoms with van der Waals surface area (Å²) in [6.45, 7) is 6.29. The number of fused-ring (bicyclic) bond motifs is 9. The second-order valence-electron chi connectivity index (χ2n) is 8.22. The first-order chi connectivity index (χ1) is 8.47. The summed E-state index contributed by atoms with van der Waals surface area (Å²) in [6.07, 6.45) is 8.91. The molecule has 7 unspecified atom stereocenters. The Kier molecular flexibility index (Phi) is 2.06. The van der Waals surface area contributed by atoms with E-state index >= 15 is 0 Å². The summed E-state index contributed by atoms with van der Waals surface area (Å²) >= 11 is 0. The van der Waals surface area contributed by atoms with Crippen molar-refractivity contribution in [1.29, 1.82) is 0 Å². The summed E-state index contributed by atoms with van der Waals surface area (Å²) in [5.41, 5.74) is -0.141. The smallest absolute Gasteiger partial charge is 0.141 e. The number of rotatable bonds is 1. The first-order valence-electron chi connectivity index (χ1n) is 7.69. The zero-order chi connectivity index (χ0) is 12.7. The molecule has 0 saturated heterocycles. The van der Waals surface area contributed by atoms with Gasteiger partial charge in [-0.05, 0) is 54.8 Å². The van der Waals surface area contributed by atoms with Crippen molar-refractivity contribution in [2.45, 2.75) is 40.0 Å². The summed E-state index contributed by atoms with van der Waals surface area (Å²) in [7, 11) is 0. The van der Waals surface area contributed by atoms with Gasteiger partial charge in [0, 0.05) is 11.3 Å². The van der Waals surface area contributed by atoms with Crippen LogP contribution in [0.1, 0.15) is 40.0 Å². The van der Waals surface area contributed by atoms with E-state index in [9.17, 15) is 4.79 Å². The summed E-state index contributed by atoms with van der Waals surface area (Å²) in [6, 6.07) is 0. The summed E-state index contributed by atoms with van der Waals surface area (Å²) in [5, 5.41) is 0. The van der Waals surface area contributed by atoms with Gasteiger partial charge < -0.3 is 0 Å². The number of carbonyl (C=O) groups is 1. The molecule has 1 heteroatoms. The molecule has 18 heavy (non-hydrogen) atoms. The molecular formula is C17H24O. The van der Waals surface area contributed by atoms with Gasteiger partial charge >= 0.3 is 0 Å². The fraction of sp³-hybridized carbons (Fsp3) is 0.824. The molecule has 0 aromatic carbocycles. The van der Waals surface area contributed by atoms with Crippen molar-refractivity contribution in [3.8, 4) is 0 Å². The van der Waals surface area contributed by atoms with Crippen LogP contribution in [-0.2, 0) is 4.79 Å². The Hall–Kier alpha value is -0.590. The fourth-order valence-corrected chi connectivity index (χ4v) is 5.87. The highest BCUT2D eigenvalue weighted by molar-refractivity contribution is 5.86. The van der Waals surface area contributed by atoms with Crippen molar-refractivity contribution < 1.29 is 4.79 Å². The fourth-order valence-electron chi connectivity index (χ4n) is 5.87. The van der Waals surface area contributed by atoms with Crippen molar-refractivity contribution >= 4 is 5.78 Å². The molecule has 3 fully saturated rings. The number of ketones is 1. The molecule has 1 nitrogen and oxygen atoms in total. The molecular weight excluding hydrogens is 220 g/mol. The molecule has 0 spiro atoms. The first kappa shape index (κ1) is 11.3. The van der Waals surface area contributed by atoms with Crippen molar-refractivity contribution in [3.63, 3.8) is 0 Å². The van der Waals surface area contributed by atoms with Crippen LogP contribution in [0.15, 0.2) is 12.2 Å². The van der Waals surface area contributed by atoms with Gasteiger partial charge in [0.2, 0.25) is 0 Å². The molecule has 0 amide bonds. The van der Waals surface area contributed by atoms with Crippen LogP contribution in [0.25, 0.3) is 0 Å². The normalized spacial score (nSPS) is 52.1. The molecule has 3 saturated carbocycles. The molecule has 0 radical (unpaired) electrons. The quantitative estimate of drug-likeness (QED) is 0.508. The molecule has 4 aliphatic carbocycles. The van der Waals surface area contributed by atoms with E-state index in [1.807, 2.05) is 0 Å². The van der Waals surface area contributed by atoms with Crippen LogP contribution < -0.4 is 0 Å². The van der Waals surface area contributed by atoms with Crippen molar-refractivity contribution in [2.75, 3.05) is 0 Å². The second-order valence-corrected chi connectivity index (χ2v) is 8.22. The average Bonchev–Trinajstić information content (AvgIpc) is 3.03. The number of hydrogen-bond donors (Lipinski definition) is 0. The predicted molar refractivity (Wildman–Crippen MR) is 71.9 cm³/mol. The molecule has 0 N–H and O–H groups in total. The van der Waals surface area contributed by atoms with Crippen LogP contribution in [0.4, 0.5) is 0 Å². The maximum absolute atomic E-state index is 12.6. The highest BCUT2D eigenvalue weighted by Crippen LogP contribution is 2.67. The lowest BCUT2D eigenvalue weighted by molar-refractivity contribution is -0.133.